The molecule has 3 heterocycles. The van der Waals surface area contributed by atoms with Gasteiger partial charge in [-0.2, -0.15) is 0 Å². The van der Waals surface area contributed by atoms with Crippen molar-refractivity contribution in [3.05, 3.63) is 71.4 Å². The molecule has 1 saturated carbocycles. The van der Waals surface area contributed by atoms with E-state index in [2.05, 4.69) is 56.9 Å². The highest BCUT2D eigenvalue weighted by atomic mass is 16.3. The molecule has 7 heteroatoms. The Morgan fingerprint density at radius 2 is 1.61 bits per heavy atom. The van der Waals surface area contributed by atoms with Crippen molar-refractivity contribution in [2.75, 3.05) is 6.54 Å². The first-order valence-electron chi connectivity index (χ1n) is 13.2. The number of aromatic amines is 1. The number of carbonyl (C=O) groups excluding carboxylic acids is 1. The van der Waals surface area contributed by atoms with Crippen molar-refractivity contribution in [2.45, 2.75) is 69.6 Å². The summed E-state index contributed by atoms with van der Waals surface area (Å²) in [6, 6.07) is 18.9. The number of carbonyl (C=O) groups is 2. The second kappa shape index (κ2) is 11.2. The van der Waals surface area contributed by atoms with Crippen molar-refractivity contribution in [2.24, 2.45) is 5.92 Å². The van der Waals surface area contributed by atoms with Gasteiger partial charge in [-0.05, 0) is 80.2 Å². The third kappa shape index (κ3) is 5.12. The van der Waals surface area contributed by atoms with Crippen molar-refractivity contribution in [3.63, 3.8) is 0 Å². The lowest BCUT2D eigenvalue weighted by Gasteiger charge is -2.31. The Balaban J connectivity index is 0.000000848. The van der Waals surface area contributed by atoms with E-state index in [1.165, 1.54) is 44.0 Å². The molecule has 36 heavy (non-hydrogen) atoms. The molecule has 0 spiro atoms. The summed E-state index contributed by atoms with van der Waals surface area (Å²) < 4.78 is 0. The maximum atomic E-state index is 12.5. The van der Waals surface area contributed by atoms with E-state index in [4.69, 9.17) is 9.90 Å². The number of H-pyrrole nitrogens is 1. The molecule has 1 saturated heterocycles. The van der Waals surface area contributed by atoms with Gasteiger partial charge >= 0.3 is 6.03 Å². The Kier molecular flexibility index (Phi) is 7.56. The predicted molar refractivity (Wildman–Crippen MR) is 141 cm³/mol. The fraction of sp³-hybridized carbons (Fsp3) is 0.448. The average Bonchev–Trinajstić information content (AvgIpc) is 3.60. The zero-order chi connectivity index (χ0) is 24.9. The van der Waals surface area contributed by atoms with E-state index < -0.39 is 0 Å². The molecule has 190 valence electrons. The Morgan fingerprint density at radius 1 is 0.972 bits per heavy atom. The van der Waals surface area contributed by atoms with E-state index in [1.807, 2.05) is 18.3 Å². The molecule has 2 atom stereocenters. The summed E-state index contributed by atoms with van der Waals surface area (Å²) in [7, 11) is 0. The van der Waals surface area contributed by atoms with E-state index >= 15 is 0 Å². The number of urea groups is 1. The topological polar surface area (TPSA) is 97.5 Å². The van der Waals surface area contributed by atoms with Crippen LogP contribution >= 0.6 is 0 Å². The van der Waals surface area contributed by atoms with Gasteiger partial charge in [-0.1, -0.05) is 42.5 Å². The van der Waals surface area contributed by atoms with Crippen molar-refractivity contribution in [3.8, 4) is 0 Å². The molecule has 2 aliphatic heterocycles. The smallest absolute Gasteiger partial charge is 0.315 e. The molecule has 7 nitrogen and oxygen atoms in total. The number of para-hydroxylation sites is 1. The first-order valence-corrected chi connectivity index (χ1v) is 13.2. The van der Waals surface area contributed by atoms with Gasteiger partial charge in [0.1, 0.15) is 0 Å². The molecular weight excluding hydrogens is 452 g/mol. The van der Waals surface area contributed by atoms with Crippen molar-refractivity contribution in [1.82, 2.24) is 20.5 Å². The largest absolute Gasteiger partial charge is 0.483 e. The van der Waals surface area contributed by atoms with Crippen LogP contribution in [0.1, 0.15) is 73.7 Å². The molecular formula is C29H36N4O3. The maximum Gasteiger partial charge on any atom is 0.315 e. The van der Waals surface area contributed by atoms with Crippen LogP contribution in [0.3, 0.4) is 0 Å². The van der Waals surface area contributed by atoms with Crippen LogP contribution in [0.25, 0.3) is 10.9 Å². The van der Waals surface area contributed by atoms with Gasteiger partial charge in [-0.3, -0.25) is 9.69 Å². The molecule has 2 amide bonds. The number of nitrogens with one attached hydrogen (secondary N) is 3. The Labute approximate surface area is 212 Å². The molecule has 2 bridgehead atoms. The maximum absolute atomic E-state index is 12.5. The minimum atomic E-state index is -0.250. The molecule has 3 aliphatic rings. The van der Waals surface area contributed by atoms with Gasteiger partial charge in [-0.25, -0.2) is 4.79 Å². The standard InChI is InChI=1S/C28H34N4O.CH2O2/c33-28(30-18-20-17-29-25-8-4-3-5-22(20)25)31-21-11-9-19(10-12-21)15-16-32-26-13-14-27(32)24-7-2-1-6-23(24)26;2-1-3/h1-8,17,19,21,26-27,29H,9-16,18H2,(H2,30,31,33);1H,(H,2,3). The summed E-state index contributed by atoms with van der Waals surface area (Å²) in [6.07, 6.45) is 10.6. The second-order valence-electron chi connectivity index (χ2n) is 10.3. The Bertz CT molecular complexity index is 1150. The fourth-order valence-corrected chi connectivity index (χ4v) is 6.58. The molecule has 6 rings (SSSR count). The minimum absolute atomic E-state index is 0.0462. The highest BCUT2D eigenvalue weighted by Crippen LogP contribution is 2.53. The Morgan fingerprint density at radius 3 is 2.31 bits per heavy atom. The van der Waals surface area contributed by atoms with Crippen LogP contribution in [0.15, 0.2) is 54.7 Å². The summed E-state index contributed by atoms with van der Waals surface area (Å²) in [6.45, 7) is 1.52. The van der Waals surface area contributed by atoms with Gasteiger partial charge < -0.3 is 20.7 Å². The minimum Gasteiger partial charge on any atom is -0.483 e. The number of aromatic nitrogens is 1. The normalized spacial score (nSPS) is 24.6. The molecule has 1 aliphatic carbocycles. The van der Waals surface area contributed by atoms with E-state index in [0.717, 1.165) is 29.8 Å². The summed E-state index contributed by atoms with van der Waals surface area (Å²) in [5.41, 5.74) is 5.40. The molecule has 2 unspecified atom stereocenters. The van der Waals surface area contributed by atoms with Crippen molar-refractivity contribution >= 4 is 23.4 Å². The summed E-state index contributed by atoms with van der Waals surface area (Å²) in [5, 5.41) is 14.3. The zero-order valence-corrected chi connectivity index (χ0v) is 20.7. The average molecular weight is 489 g/mol. The van der Waals surface area contributed by atoms with Gasteiger partial charge in [0.25, 0.3) is 6.47 Å². The molecule has 4 N–H and O–H groups in total. The van der Waals surface area contributed by atoms with Gasteiger partial charge in [0.05, 0.1) is 0 Å². The highest BCUT2D eigenvalue weighted by Gasteiger charge is 2.43. The second-order valence-corrected chi connectivity index (χ2v) is 10.3. The molecule has 0 radical (unpaired) electrons. The summed E-state index contributed by atoms with van der Waals surface area (Å²) >= 11 is 0. The summed E-state index contributed by atoms with van der Waals surface area (Å²) in [5.74, 6) is 0.792. The Hall–Kier alpha value is -3.32. The van der Waals surface area contributed by atoms with Crippen LogP contribution in [0.5, 0.6) is 0 Å². The van der Waals surface area contributed by atoms with Crippen LogP contribution in [0.2, 0.25) is 0 Å². The molecule has 3 aromatic rings. The molecule has 2 fully saturated rings. The van der Waals surface area contributed by atoms with Crippen LogP contribution in [-0.4, -0.2) is 40.1 Å². The van der Waals surface area contributed by atoms with Gasteiger partial charge in [0.2, 0.25) is 0 Å². The zero-order valence-electron chi connectivity index (χ0n) is 20.7. The lowest BCUT2D eigenvalue weighted by molar-refractivity contribution is -0.122. The number of nitrogens with zero attached hydrogens (tertiary/aromatic N) is 1. The van der Waals surface area contributed by atoms with Gasteiger partial charge in [-0.15, -0.1) is 0 Å². The summed E-state index contributed by atoms with van der Waals surface area (Å²) in [4.78, 5) is 26.9. The number of carboxylic acid groups (broad SMARTS) is 1. The quantitative estimate of drug-likeness (QED) is 0.344. The van der Waals surface area contributed by atoms with Crippen LogP contribution < -0.4 is 10.6 Å². The lowest BCUT2D eigenvalue weighted by atomic mass is 9.84. The number of fused-ring (bicyclic) bond motifs is 6. The SMILES string of the molecule is O=C(NCc1c[nH]c2ccccc12)NC1CCC(CCN2C3CCC2c2ccccc23)CC1.O=CO. The molecule has 1 aromatic heterocycles. The number of benzene rings is 2. The van der Waals surface area contributed by atoms with Crippen LogP contribution in [0, 0.1) is 5.92 Å². The first kappa shape index (κ1) is 24.4. The van der Waals surface area contributed by atoms with Crippen molar-refractivity contribution in [1.29, 1.82) is 0 Å². The van der Waals surface area contributed by atoms with E-state index in [9.17, 15) is 4.79 Å². The third-order valence-electron chi connectivity index (χ3n) is 8.32. The fourth-order valence-electron chi connectivity index (χ4n) is 6.58. The number of hydrogen-bond donors (Lipinski definition) is 4. The lowest BCUT2D eigenvalue weighted by Crippen LogP contribution is -2.43. The highest BCUT2D eigenvalue weighted by molar-refractivity contribution is 5.83. The number of amides is 2. The van der Waals surface area contributed by atoms with Crippen LogP contribution in [0.4, 0.5) is 4.79 Å². The van der Waals surface area contributed by atoms with E-state index in [-0.39, 0.29) is 12.5 Å². The van der Waals surface area contributed by atoms with Gasteiger partial charge in [0, 0.05) is 41.8 Å². The monoisotopic (exact) mass is 488 g/mol. The predicted octanol–water partition coefficient (Wildman–Crippen LogP) is 5.51. The number of hydrogen-bond acceptors (Lipinski definition) is 3. The third-order valence-corrected chi connectivity index (χ3v) is 8.32. The van der Waals surface area contributed by atoms with E-state index in [0.29, 0.717) is 24.7 Å². The van der Waals surface area contributed by atoms with Crippen molar-refractivity contribution < 1.29 is 14.7 Å². The molecule has 2 aromatic carbocycles. The number of rotatable bonds is 6. The van der Waals surface area contributed by atoms with E-state index in [1.54, 1.807) is 11.1 Å². The van der Waals surface area contributed by atoms with Gasteiger partial charge in [0.15, 0.2) is 0 Å². The van der Waals surface area contributed by atoms with Crippen LogP contribution in [-0.2, 0) is 11.3 Å². The first-order chi connectivity index (χ1) is 17.7.